The smallest absolute Gasteiger partial charge is 0.420 e. The molecule has 6 nitrogen and oxygen atoms in total. The molecule has 0 saturated carbocycles. The van der Waals surface area contributed by atoms with Gasteiger partial charge in [-0.3, -0.25) is 9.36 Å². The van der Waals surface area contributed by atoms with E-state index in [4.69, 9.17) is 4.42 Å². The number of halogens is 3. The predicted octanol–water partition coefficient (Wildman–Crippen LogP) is 2.97. The molecule has 0 unspecified atom stereocenters. The lowest BCUT2D eigenvalue weighted by Crippen LogP contribution is -2.24. The molecule has 25 heavy (non-hydrogen) atoms. The highest BCUT2D eigenvalue weighted by Crippen LogP contribution is 2.23. The van der Waals surface area contributed by atoms with Gasteiger partial charge < -0.3 is 14.5 Å². The van der Waals surface area contributed by atoms with Crippen molar-refractivity contribution in [3.05, 3.63) is 58.8 Å². The van der Waals surface area contributed by atoms with Crippen LogP contribution in [0.5, 0.6) is 5.75 Å². The second-order valence-corrected chi connectivity index (χ2v) is 4.99. The summed E-state index contributed by atoms with van der Waals surface area (Å²) < 4.78 is 47.9. The van der Waals surface area contributed by atoms with Crippen LogP contribution >= 0.6 is 0 Å². The lowest BCUT2D eigenvalue weighted by atomic mass is 10.3. The van der Waals surface area contributed by atoms with Gasteiger partial charge in [0.05, 0.1) is 5.52 Å². The number of para-hydroxylation sites is 2. The van der Waals surface area contributed by atoms with Crippen LogP contribution in [0.2, 0.25) is 0 Å². The van der Waals surface area contributed by atoms with Crippen LogP contribution in [0, 0.1) is 5.82 Å². The molecule has 0 aliphatic heterocycles. The van der Waals surface area contributed by atoms with Crippen LogP contribution in [-0.4, -0.2) is 17.1 Å². The van der Waals surface area contributed by atoms with Crippen LogP contribution in [0.25, 0.3) is 11.1 Å². The van der Waals surface area contributed by atoms with Crippen molar-refractivity contribution in [1.82, 2.24) is 4.57 Å². The van der Waals surface area contributed by atoms with E-state index in [-0.39, 0.29) is 12.2 Å². The summed E-state index contributed by atoms with van der Waals surface area (Å²) in [7, 11) is 0. The van der Waals surface area contributed by atoms with Crippen molar-refractivity contribution < 1.29 is 27.1 Å². The maximum absolute atomic E-state index is 13.6. The number of hydrogen-bond acceptors (Lipinski definition) is 4. The highest BCUT2D eigenvalue weighted by atomic mass is 19.3. The summed E-state index contributed by atoms with van der Waals surface area (Å²) in [5, 5.41) is 2.37. The third kappa shape index (κ3) is 3.65. The van der Waals surface area contributed by atoms with Gasteiger partial charge in [0, 0.05) is 11.8 Å². The minimum Gasteiger partial charge on any atom is -0.432 e. The number of aromatic nitrogens is 1. The molecule has 0 aliphatic rings. The summed E-state index contributed by atoms with van der Waals surface area (Å²) in [4.78, 5) is 23.9. The van der Waals surface area contributed by atoms with Gasteiger partial charge in [-0.15, -0.1) is 0 Å². The van der Waals surface area contributed by atoms with Crippen molar-refractivity contribution in [2.24, 2.45) is 0 Å². The first-order valence-electron chi connectivity index (χ1n) is 7.06. The van der Waals surface area contributed by atoms with Crippen molar-refractivity contribution >= 4 is 22.7 Å². The Balaban J connectivity index is 1.75. The molecule has 1 aromatic heterocycles. The molecule has 1 N–H and O–H groups in total. The van der Waals surface area contributed by atoms with E-state index in [1.807, 2.05) is 0 Å². The van der Waals surface area contributed by atoms with Crippen molar-refractivity contribution in [1.29, 1.82) is 0 Å². The predicted molar refractivity (Wildman–Crippen MR) is 82.1 cm³/mol. The Morgan fingerprint density at radius 1 is 1.24 bits per heavy atom. The minimum absolute atomic E-state index is 0.0324. The number of oxazole rings is 1. The minimum atomic E-state index is -3.16. The number of rotatable bonds is 5. The van der Waals surface area contributed by atoms with Crippen molar-refractivity contribution in [3.8, 4) is 5.75 Å². The first kappa shape index (κ1) is 16.6. The highest BCUT2D eigenvalue weighted by molar-refractivity contribution is 5.91. The van der Waals surface area contributed by atoms with Gasteiger partial charge in [0.2, 0.25) is 5.91 Å². The number of carbonyl (C=O) groups excluding carboxylic acids is 1. The zero-order valence-corrected chi connectivity index (χ0v) is 12.5. The Bertz CT molecular complexity index is 981. The molecule has 0 atom stereocenters. The normalized spacial score (nSPS) is 11.0. The standard InChI is InChI=1S/C16H11F3N2O4/c17-10-7-9(5-6-12(10)24-15(18)19)20-14(22)8-21-11-3-1-2-4-13(11)25-16(21)23/h1-7,15H,8H2,(H,20,22). The Labute approximate surface area is 138 Å². The van der Waals surface area contributed by atoms with Crippen molar-refractivity contribution in [3.63, 3.8) is 0 Å². The van der Waals surface area contributed by atoms with E-state index >= 15 is 0 Å². The summed E-state index contributed by atoms with van der Waals surface area (Å²) in [5.74, 6) is -3.01. The van der Waals surface area contributed by atoms with Crippen LogP contribution in [0.1, 0.15) is 0 Å². The fourth-order valence-electron chi connectivity index (χ4n) is 2.28. The van der Waals surface area contributed by atoms with E-state index < -0.39 is 29.8 Å². The van der Waals surface area contributed by atoms with Crippen LogP contribution in [0.4, 0.5) is 18.9 Å². The zero-order chi connectivity index (χ0) is 18.0. The van der Waals surface area contributed by atoms with Gasteiger partial charge in [-0.2, -0.15) is 8.78 Å². The number of anilines is 1. The third-order valence-corrected chi connectivity index (χ3v) is 3.31. The van der Waals surface area contributed by atoms with Crippen LogP contribution < -0.4 is 15.8 Å². The second kappa shape index (κ2) is 6.71. The molecule has 0 fully saturated rings. The topological polar surface area (TPSA) is 73.5 Å². The number of fused-ring (bicyclic) bond motifs is 1. The largest absolute Gasteiger partial charge is 0.432 e. The number of hydrogen-bond donors (Lipinski definition) is 1. The molecule has 9 heteroatoms. The number of amides is 1. The zero-order valence-electron chi connectivity index (χ0n) is 12.5. The molecule has 3 aromatic rings. The number of nitrogens with one attached hydrogen (secondary N) is 1. The van der Waals surface area contributed by atoms with Gasteiger partial charge in [-0.1, -0.05) is 12.1 Å². The lowest BCUT2D eigenvalue weighted by molar-refractivity contribution is -0.116. The number of benzene rings is 2. The van der Waals surface area contributed by atoms with Gasteiger partial charge in [-0.25, -0.2) is 9.18 Å². The maximum atomic E-state index is 13.6. The summed E-state index contributed by atoms with van der Waals surface area (Å²) >= 11 is 0. The molecule has 3 rings (SSSR count). The summed E-state index contributed by atoms with van der Waals surface area (Å²) in [6, 6.07) is 9.58. The Hall–Kier alpha value is -3.23. The van der Waals surface area contributed by atoms with E-state index in [9.17, 15) is 22.8 Å². The van der Waals surface area contributed by atoms with E-state index in [0.29, 0.717) is 11.1 Å². The van der Waals surface area contributed by atoms with E-state index in [2.05, 4.69) is 10.1 Å². The second-order valence-electron chi connectivity index (χ2n) is 4.99. The maximum Gasteiger partial charge on any atom is 0.420 e. The molecular formula is C16H11F3N2O4. The first-order valence-corrected chi connectivity index (χ1v) is 7.06. The Morgan fingerprint density at radius 2 is 2.00 bits per heavy atom. The number of ether oxygens (including phenoxy) is 1. The fraction of sp³-hybridized carbons (Fsp3) is 0.125. The molecule has 0 saturated heterocycles. The SMILES string of the molecule is O=C(Cn1c(=O)oc2ccccc21)Nc1ccc(OC(F)F)c(F)c1. The summed E-state index contributed by atoms with van der Waals surface area (Å²) in [6.07, 6.45) is 0. The van der Waals surface area contributed by atoms with E-state index in [1.54, 1.807) is 24.3 Å². The molecule has 2 aromatic carbocycles. The van der Waals surface area contributed by atoms with Crippen molar-refractivity contribution in [2.75, 3.05) is 5.32 Å². The van der Waals surface area contributed by atoms with Gasteiger partial charge in [0.15, 0.2) is 17.1 Å². The monoisotopic (exact) mass is 352 g/mol. The van der Waals surface area contributed by atoms with Crippen LogP contribution in [0.3, 0.4) is 0 Å². The number of alkyl halides is 2. The highest BCUT2D eigenvalue weighted by Gasteiger charge is 2.14. The van der Waals surface area contributed by atoms with Crippen LogP contribution in [0.15, 0.2) is 51.7 Å². The van der Waals surface area contributed by atoms with Gasteiger partial charge in [0.1, 0.15) is 6.54 Å². The molecule has 0 aliphatic carbocycles. The molecule has 0 radical (unpaired) electrons. The van der Waals surface area contributed by atoms with Crippen molar-refractivity contribution in [2.45, 2.75) is 13.2 Å². The fourth-order valence-corrected chi connectivity index (χ4v) is 2.28. The van der Waals surface area contributed by atoms with Gasteiger partial charge in [-0.05, 0) is 24.3 Å². The lowest BCUT2D eigenvalue weighted by Gasteiger charge is -2.09. The summed E-state index contributed by atoms with van der Waals surface area (Å²) in [6.45, 7) is -3.51. The summed E-state index contributed by atoms with van der Waals surface area (Å²) in [5.41, 5.74) is 0.805. The molecule has 1 amide bonds. The molecular weight excluding hydrogens is 341 g/mol. The quantitative estimate of drug-likeness (QED) is 0.766. The van der Waals surface area contributed by atoms with E-state index in [0.717, 1.165) is 16.7 Å². The van der Waals surface area contributed by atoms with Gasteiger partial charge in [0.25, 0.3) is 0 Å². The Kier molecular flexibility index (Phi) is 4.46. The average molecular weight is 352 g/mol. The molecule has 130 valence electrons. The van der Waals surface area contributed by atoms with E-state index in [1.165, 1.54) is 6.07 Å². The van der Waals surface area contributed by atoms with Crippen LogP contribution in [-0.2, 0) is 11.3 Å². The first-order chi connectivity index (χ1) is 11.9. The number of nitrogens with zero attached hydrogens (tertiary/aromatic N) is 1. The molecule has 1 heterocycles. The Morgan fingerprint density at radius 3 is 2.72 bits per heavy atom. The average Bonchev–Trinajstić information content (AvgIpc) is 2.86. The van der Waals surface area contributed by atoms with Gasteiger partial charge >= 0.3 is 12.4 Å². The molecule has 0 bridgehead atoms. The number of carbonyl (C=O) groups is 1. The third-order valence-electron chi connectivity index (χ3n) is 3.31. The molecule has 0 spiro atoms.